The molecule has 154 valence electrons. The lowest BCUT2D eigenvalue weighted by molar-refractivity contribution is 0.0972. The van der Waals surface area contributed by atoms with Gasteiger partial charge in [-0.05, 0) is 49.2 Å². The van der Waals surface area contributed by atoms with Crippen molar-refractivity contribution in [1.29, 1.82) is 0 Å². The van der Waals surface area contributed by atoms with E-state index in [0.29, 0.717) is 23.0 Å². The van der Waals surface area contributed by atoms with Crippen LogP contribution in [-0.2, 0) is 6.54 Å². The molecule has 2 aromatic rings. The molecule has 1 amide bonds. The lowest BCUT2D eigenvalue weighted by Crippen LogP contribution is -2.48. The third-order valence-corrected chi connectivity index (χ3v) is 5.21. The summed E-state index contributed by atoms with van der Waals surface area (Å²) in [6.07, 6.45) is 2.89. The molecule has 3 rings (SSSR count). The van der Waals surface area contributed by atoms with Gasteiger partial charge < -0.3 is 10.1 Å². The van der Waals surface area contributed by atoms with Gasteiger partial charge in [0.1, 0.15) is 5.75 Å². The van der Waals surface area contributed by atoms with E-state index in [9.17, 15) is 4.79 Å². The van der Waals surface area contributed by atoms with Crippen LogP contribution in [0.2, 0.25) is 0 Å². The van der Waals surface area contributed by atoms with Gasteiger partial charge in [-0.1, -0.05) is 49.4 Å². The minimum Gasteiger partial charge on any atom is -0.493 e. The maximum Gasteiger partial charge on any atom is 0.261 e. The second-order valence-electron chi connectivity index (χ2n) is 7.31. The first kappa shape index (κ1) is 21.3. The number of ether oxygens (including phenoxy) is 1. The average molecular weight is 412 g/mol. The van der Waals surface area contributed by atoms with Crippen LogP contribution in [-0.4, -0.2) is 41.7 Å². The minimum atomic E-state index is -0.240. The Labute approximate surface area is 178 Å². The van der Waals surface area contributed by atoms with Gasteiger partial charge in [0.05, 0.1) is 12.2 Å². The molecule has 1 heterocycles. The van der Waals surface area contributed by atoms with Crippen LogP contribution in [0.1, 0.15) is 42.1 Å². The summed E-state index contributed by atoms with van der Waals surface area (Å²) in [6, 6.07) is 18.1. The number of hydrogen-bond donors (Lipinski definition) is 2. The van der Waals surface area contributed by atoms with Crippen LogP contribution < -0.4 is 15.4 Å². The Bertz CT molecular complexity index is 805. The normalized spacial score (nSPS) is 14.9. The fourth-order valence-corrected chi connectivity index (χ4v) is 3.72. The molecule has 0 unspecified atom stereocenters. The van der Waals surface area contributed by atoms with E-state index < -0.39 is 0 Å². The Morgan fingerprint density at radius 3 is 2.52 bits per heavy atom. The number of piperidine rings is 1. The molecule has 5 nitrogen and oxygen atoms in total. The molecule has 29 heavy (non-hydrogen) atoms. The topological polar surface area (TPSA) is 53.6 Å². The van der Waals surface area contributed by atoms with Gasteiger partial charge in [0.2, 0.25) is 0 Å². The van der Waals surface area contributed by atoms with E-state index in [1.807, 2.05) is 31.2 Å². The molecule has 2 N–H and O–H groups in total. The Balaban J connectivity index is 1.45. The van der Waals surface area contributed by atoms with Crippen LogP contribution >= 0.6 is 12.2 Å². The SMILES string of the molecule is CCCOc1ccccc1C(=O)NC(=S)NC1CCN(Cc2ccccc2)CC1. The first-order chi connectivity index (χ1) is 14.2. The predicted octanol–water partition coefficient (Wildman–Crippen LogP) is 3.74. The van der Waals surface area contributed by atoms with Crippen LogP contribution in [0.3, 0.4) is 0 Å². The van der Waals surface area contributed by atoms with Gasteiger partial charge in [-0.3, -0.25) is 15.0 Å². The number of benzene rings is 2. The largest absolute Gasteiger partial charge is 0.493 e. The third kappa shape index (κ3) is 6.54. The summed E-state index contributed by atoms with van der Waals surface area (Å²) in [5.74, 6) is 0.347. The summed E-state index contributed by atoms with van der Waals surface area (Å²) >= 11 is 5.38. The zero-order valence-electron chi connectivity index (χ0n) is 16.9. The number of likely N-dealkylation sites (tertiary alicyclic amines) is 1. The first-order valence-electron chi connectivity index (χ1n) is 10.3. The number of thiocarbonyl (C=S) groups is 1. The van der Waals surface area contributed by atoms with Crippen molar-refractivity contribution in [2.24, 2.45) is 0 Å². The first-order valence-corrected chi connectivity index (χ1v) is 10.7. The Kier molecular flexibility index (Phi) is 8.02. The molecule has 0 aliphatic carbocycles. The number of carbonyl (C=O) groups excluding carboxylic acids is 1. The quantitative estimate of drug-likeness (QED) is 0.680. The van der Waals surface area contributed by atoms with Crippen molar-refractivity contribution in [3.63, 3.8) is 0 Å². The molecule has 1 aliphatic heterocycles. The molecule has 0 radical (unpaired) electrons. The highest BCUT2D eigenvalue weighted by Gasteiger charge is 2.21. The number of nitrogens with one attached hydrogen (secondary N) is 2. The van der Waals surface area contributed by atoms with Crippen LogP contribution in [0, 0.1) is 0 Å². The van der Waals surface area contributed by atoms with E-state index >= 15 is 0 Å². The number of carbonyl (C=O) groups is 1. The van der Waals surface area contributed by atoms with E-state index in [2.05, 4.69) is 39.8 Å². The highest BCUT2D eigenvalue weighted by molar-refractivity contribution is 7.80. The van der Waals surface area contributed by atoms with Gasteiger partial charge in [0.25, 0.3) is 5.91 Å². The van der Waals surface area contributed by atoms with Crippen LogP contribution in [0.15, 0.2) is 54.6 Å². The Morgan fingerprint density at radius 2 is 1.79 bits per heavy atom. The van der Waals surface area contributed by atoms with Crippen molar-refractivity contribution < 1.29 is 9.53 Å². The summed E-state index contributed by atoms with van der Waals surface area (Å²) in [6.45, 7) is 5.61. The van der Waals surface area contributed by atoms with Crippen molar-refractivity contribution in [3.8, 4) is 5.75 Å². The molecular weight excluding hydrogens is 382 g/mol. The second kappa shape index (κ2) is 10.9. The summed E-state index contributed by atoms with van der Waals surface area (Å²) in [7, 11) is 0. The highest BCUT2D eigenvalue weighted by Crippen LogP contribution is 2.18. The summed E-state index contributed by atoms with van der Waals surface area (Å²) < 4.78 is 5.67. The van der Waals surface area contributed by atoms with Gasteiger partial charge >= 0.3 is 0 Å². The fraction of sp³-hybridized carbons (Fsp3) is 0.391. The van der Waals surface area contributed by atoms with Crippen molar-refractivity contribution in [3.05, 3.63) is 65.7 Å². The average Bonchev–Trinajstić information content (AvgIpc) is 2.74. The Hall–Kier alpha value is -2.44. The molecule has 0 spiro atoms. The van der Waals surface area contributed by atoms with Crippen LogP contribution in [0.5, 0.6) is 5.75 Å². The van der Waals surface area contributed by atoms with E-state index in [1.54, 1.807) is 6.07 Å². The maximum absolute atomic E-state index is 12.6. The van der Waals surface area contributed by atoms with Crippen LogP contribution in [0.4, 0.5) is 0 Å². The lowest BCUT2D eigenvalue weighted by atomic mass is 10.0. The third-order valence-electron chi connectivity index (χ3n) is 4.99. The van der Waals surface area contributed by atoms with E-state index in [-0.39, 0.29) is 11.9 Å². The smallest absolute Gasteiger partial charge is 0.261 e. The van der Waals surface area contributed by atoms with Gasteiger partial charge in [0, 0.05) is 25.7 Å². The molecule has 6 heteroatoms. The van der Waals surface area contributed by atoms with Crippen molar-refractivity contribution in [2.45, 2.75) is 38.8 Å². The summed E-state index contributed by atoms with van der Waals surface area (Å²) in [5, 5.41) is 6.47. The summed E-state index contributed by atoms with van der Waals surface area (Å²) in [4.78, 5) is 15.1. The molecule has 1 saturated heterocycles. The summed E-state index contributed by atoms with van der Waals surface area (Å²) in [5.41, 5.74) is 1.84. The number of amides is 1. The monoisotopic (exact) mass is 411 g/mol. The van der Waals surface area contributed by atoms with E-state index in [4.69, 9.17) is 17.0 Å². The second-order valence-corrected chi connectivity index (χ2v) is 7.72. The molecule has 0 bridgehead atoms. The molecule has 1 aliphatic rings. The molecule has 1 fully saturated rings. The van der Waals surface area contributed by atoms with Gasteiger partial charge in [0.15, 0.2) is 5.11 Å². The molecule has 0 saturated carbocycles. The zero-order chi connectivity index (χ0) is 20.5. The van der Waals surface area contributed by atoms with Gasteiger partial charge in [-0.15, -0.1) is 0 Å². The predicted molar refractivity (Wildman–Crippen MR) is 120 cm³/mol. The molecule has 0 atom stereocenters. The van der Waals surface area contributed by atoms with Crippen molar-refractivity contribution >= 4 is 23.2 Å². The highest BCUT2D eigenvalue weighted by atomic mass is 32.1. The van der Waals surface area contributed by atoms with Crippen LogP contribution in [0.25, 0.3) is 0 Å². The lowest BCUT2D eigenvalue weighted by Gasteiger charge is -2.32. The van der Waals surface area contributed by atoms with Gasteiger partial charge in [-0.25, -0.2) is 0 Å². The maximum atomic E-state index is 12.6. The molecular formula is C23H29N3O2S. The Morgan fingerprint density at radius 1 is 1.10 bits per heavy atom. The minimum absolute atomic E-state index is 0.240. The van der Waals surface area contributed by atoms with Crippen molar-refractivity contribution in [1.82, 2.24) is 15.5 Å². The fourth-order valence-electron chi connectivity index (χ4n) is 3.46. The number of hydrogen-bond acceptors (Lipinski definition) is 4. The molecule has 2 aromatic carbocycles. The van der Waals surface area contributed by atoms with Gasteiger partial charge in [-0.2, -0.15) is 0 Å². The number of para-hydroxylation sites is 1. The standard InChI is InChI=1S/C23H29N3O2S/c1-2-16-28-21-11-7-6-10-20(21)22(27)25-23(29)24-19-12-14-26(15-13-19)17-18-8-4-3-5-9-18/h3-11,19H,2,12-17H2,1H3,(H2,24,25,27,29). The van der Waals surface area contributed by atoms with E-state index in [1.165, 1.54) is 5.56 Å². The van der Waals surface area contributed by atoms with E-state index in [0.717, 1.165) is 38.9 Å². The van der Waals surface area contributed by atoms with Crippen molar-refractivity contribution in [2.75, 3.05) is 19.7 Å². The number of rotatable bonds is 7. The number of nitrogens with zero attached hydrogens (tertiary/aromatic N) is 1. The zero-order valence-corrected chi connectivity index (χ0v) is 17.7. The molecule has 0 aromatic heterocycles.